The lowest BCUT2D eigenvalue weighted by atomic mass is 9.86. The highest BCUT2D eigenvalue weighted by molar-refractivity contribution is 9.10. The summed E-state index contributed by atoms with van der Waals surface area (Å²) in [6.07, 6.45) is 3.12. The van der Waals surface area contributed by atoms with Gasteiger partial charge in [-0.2, -0.15) is 0 Å². The lowest BCUT2D eigenvalue weighted by Crippen LogP contribution is -2.46. The minimum Gasteiger partial charge on any atom is -0.328 e. The third-order valence-corrected chi connectivity index (χ3v) is 5.46. The molecule has 2 amide bonds. The minimum atomic E-state index is -0.782. The van der Waals surface area contributed by atoms with Gasteiger partial charge in [0.1, 0.15) is 6.54 Å². The molecule has 0 radical (unpaired) electrons. The summed E-state index contributed by atoms with van der Waals surface area (Å²) in [5.74, 6) is -1.76. The number of nitrogens with zero attached hydrogens (tertiary/aromatic N) is 3. The van der Waals surface area contributed by atoms with E-state index in [0.29, 0.717) is 12.1 Å². The van der Waals surface area contributed by atoms with E-state index in [9.17, 15) is 14.0 Å². The van der Waals surface area contributed by atoms with Crippen LogP contribution in [0.4, 0.5) is 15.9 Å². The van der Waals surface area contributed by atoms with Crippen LogP contribution in [0.1, 0.15) is 28.8 Å². The Morgan fingerprint density at radius 1 is 1.41 bits per heavy atom. The number of carbonyl (C=O) groups excluding carboxylic acids is 2. The molecule has 1 saturated carbocycles. The van der Waals surface area contributed by atoms with Gasteiger partial charge in [0, 0.05) is 28.2 Å². The lowest BCUT2D eigenvalue weighted by molar-refractivity contribution is -0.117. The fourth-order valence-electron chi connectivity index (χ4n) is 3.47. The number of aromatic nitrogens is 1. The summed E-state index contributed by atoms with van der Waals surface area (Å²) in [6, 6.07) is 6.58. The van der Waals surface area contributed by atoms with Crippen molar-refractivity contribution in [1.29, 1.82) is 0 Å². The summed E-state index contributed by atoms with van der Waals surface area (Å²) in [5.41, 5.74) is 1.60. The normalized spacial score (nSPS) is 16.6. The summed E-state index contributed by atoms with van der Waals surface area (Å²) < 4.78 is 14.8. The van der Waals surface area contributed by atoms with Crippen LogP contribution in [0.5, 0.6) is 0 Å². The first kappa shape index (κ1) is 17.6. The molecule has 2 heterocycles. The molecular weight excluding hydrogens is 415 g/mol. The van der Waals surface area contributed by atoms with Crippen LogP contribution in [0.25, 0.3) is 4.85 Å². The van der Waals surface area contributed by atoms with Gasteiger partial charge in [0.2, 0.25) is 11.6 Å². The number of benzene rings is 1. The Labute approximate surface area is 163 Å². The molecule has 2 aliphatic rings. The van der Waals surface area contributed by atoms with Gasteiger partial charge in [-0.3, -0.25) is 9.59 Å². The van der Waals surface area contributed by atoms with Crippen LogP contribution in [-0.4, -0.2) is 34.8 Å². The van der Waals surface area contributed by atoms with Crippen molar-refractivity contribution in [2.45, 2.75) is 18.3 Å². The number of halogens is 2. The number of pyridine rings is 1. The third kappa shape index (κ3) is 3.19. The highest BCUT2D eigenvalue weighted by Crippen LogP contribution is 2.52. The first-order valence-corrected chi connectivity index (χ1v) is 9.13. The second-order valence-corrected chi connectivity index (χ2v) is 7.73. The van der Waals surface area contributed by atoms with Gasteiger partial charge in [0.25, 0.3) is 5.91 Å². The molecule has 8 heteroatoms. The summed E-state index contributed by atoms with van der Waals surface area (Å²) in [6.45, 7) is 7.13. The molecule has 6 nitrogen and oxygen atoms in total. The average Bonchev–Trinajstić information content (AvgIpc) is 3.41. The zero-order valence-corrected chi connectivity index (χ0v) is 15.7. The number of anilines is 1. The van der Waals surface area contributed by atoms with E-state index in [1.165, 1.54) is 11.1 Å². The zero-order valence-electron chi connectivity index (χ0n) is 14.1. The number of fused-ring (bicyclic) bond motifs is 2. The monoisotopic (exact) mass is 428 g/mol. The second kappa shape index (κ2) is 6.43. The molecule has 1 aliphatic carbocycles. The molecule has 1 fully saturated rings. The number of carbonyl (C=O) groups is 2. The zero-order chi connectivity index (χ0) is 19.2. The van der Waals surface area contributed by atoms with E-state index in [-0.39, 0.29) is 29.4 Å². The van der Waals surface area contributed by atoms with E-state index in [4.69, 9.17) is 6.57 Å². The van der Waals surface area contributed by atoms with Crippen molar-refractivity contribution in [2.24, 2.45) is 0 Å². The van der Waals surface area contributed by atoms with Gasteiger partial charge in [-0.15, -0.1) is 0 Å². The molecule has 1 aromatic heterocycles. The number of amides is 2. The maximum absolute atomic E-state index is 13.9. The topological polar surface area (TPSA) is 66.7 Å². The highest BCUT2D eigenvalue weighted by atomic mass is 79.9. The molecule has 4 rings (SSSR count). The molecule has 27 heavy (non-hydrogen) atoms. The predicted molar refractivity (Wildman–Crippen MR) is 100 cm³/mol. The lowest BCUT2D eigenvalue weighted by Gasteiger charge is -2.34. The summed E-state index contributed by atoms with van der Waals surface area (Å²) in [7, 11) is 0. The Morgan fingerprint density at radius 3 is 2.85 bits per heavy atom. The number of hydrogen-bond donors (Lipinski definition) is 1. The van der Waals surface area contributed by atoms with Crippen LogP contribution in [0.15, 0.2) is 34.9 Å². The Hall–Kier alpha value is -2.79. The van der Waals surface area contributed by atoms with Crippen LogP contribution < -0.4 is 5.32 Å². The van der Waals surface area contributed by atoms with Crippen LogP contribution in [-0.2, 0) is 10.2 Å². The van der Waals surface area contributed by atoms with Gasteiger partial charge in [0.15, 0.2) is 11.6 Å². The Bertz CT molecular complexity index is 1010. The number of nitrogens with one attached hydrogen (secondary N) is 1. The van der Waals surface area contributed by atoms with Crippen LogP contribution >= 0.6 is 15.9 Å². The van der Waals surface area contributed by atoms with Crippen LogP contribution in [0.3, 0.4) is 0 Å². The van der Waals surface area contributed by atoms with Gasteiger partial charge in [0.05, 0.1) is 6.57 Å². The standard InChI is InChI=1S/C19H14BrFN4O2/c1-22-12-7-15(21)17(23-8-12)24-16(26)9-25-10-19(4-5-19)14-6-11(20)2-3-13(14)18(25)27/h2-3,6-8H,4-5,9-10H2,(H,23,24,26). The quantitative estimate of drug-likeness (QED) is 0.758. The third-order valence-electron chi connectivity index (χ3n) is 4.97. The highest BCUT2D eigenvalue weighted by Gasteiger charge is 2.51. The van der Waals surface area contributed by atoms with Crippen LogP contribution in [0, 0.1) is 12.4 Å². The Morgan fingerprint density at radius 2 is 2.19 bits per heavy atom. The van der Waals surface area contributed by atoms with Gasteiger partial charge >= 0.3 is 0 Å². The SMILES string of the molecule is [C-]#[N+]c1cnc(NC(=O)CN2CC3(CC3)c3cc(Br)ccc3C2=O)c(F)c1. The van der Waals surface area contributed by atoms with Crippen molar-refractivity contribution in [1.82, 2.24) is 9.88 Å². The first-order valence-electron chi connectivity index (χ1n) is 8.34. The molecular formula is C19H14BrFN4O2. The maximum Gasteiger partial charge on any atom is 0.254 e. The first-order chi connectivity index (χ1) is 12.9. The predicted octanol–water partition coefficient (Wildman–Crippen LogP) is 3.66. The molecule has 0 unspecified atom stereocenters. The van der Waals surface area contributed by atoms with Crippen LogP contribution in [0.2, 0.25) is 0 Å². The Balaban J connectivity index is 1.52. The Kier molecular flexibility index (Phi) is 4.19. The fraction of sp³-hybridized carbons (Fsp3) is 0.263. The van der Waals surface area contributed by atoms with Crippen molar-refractivity contribution in [3.63, 3.8) is 0 Å². The average molecular weight is 429 g/mol. The molecule has 1 spiro atoms. The van der Waals surface area contributed by atoms with Crippen molar-refractivity contribution in [3.8, 4) is 0 Å². The van der Waals surface area contributed by atoms with E-state index < -0.39 is 11.7 Å². The van der Waals surface area contributed by atoms with E-state index >= 15 is 0 Å². The molecule has 0 atom stereocenters. The smallest absolute Gasteiger partial charge is 0.254 e. The van der Waals surface area contributed by atoms with Gasteiger partial charge < -0.3 is 10.2 Å². The van der Waals surface area contributed by atoms with E-state index in [1.54, 1.807) is 6.07 Å². The minimum absolute atomic E-state index is 0.0511. The summed E-state index contributed by atoms with van der Waals surface area (Å²) in [5, 5.41) is 2.38. The molecule has 2 aromatic rings. The molecule has 0 saturated heterocycles. The van der Waals surface area contributed by atoms with Gasteiger partial charge in [-0.1, -0.05) is 15.9 Å². The van der Waals surface area contributed by atoms with E-state index in [2.05, 4.69) is 31.1 Å². The summed E-state index contributed by atoms with van der Waals surface area (Å²) in [4.78, 5) is 33.5. The molecule has 1 aliphatic heterocycles. The number of rotatable bonds is 3. The van der Waals surface area contributed by atoms with Gasteiger partial charge in [-0.25, -0.2) is 14.2 Å². The second-order valence-electron chi connectivity index (χ2n) is 6.82. The van der Waals surface area contributed by atoms with E-state index in [0.717, 1.165) is 28.9 Å². The van der Waals surface area contributed by atoms with Crippen molar-refractivity contribution in [3.05, 3.63) is 63.3 Å². The maximum atomic E-state index is 13.9. The van der Waals surface area contributed by atoms with Crippen molar-refractivity contribution >= 4 is 39.2 Å². The number of hydrogen-bond acceptors (Lipinski definition) is 3. The molecule has 136 valence electrons. The van der Waals surface area contributed by atoms with E-state index in [1.807, 2.05) is 12.1 Å². The fourth-order valence-corrected chi connectivity index (χ4v) is 3.83. The van der Waals surface area contributed by atoms with Crippen molar-refractivity contribution < 1.29 is 14.0 Å². The molecule has 1 N–H and O–H groups in total. The van der Waals surface area contributed by atoms with Gasteiger partial charge in [-0.05, 0) is 42.7 Å². The largest absolute Gasteiger partial charge is 0.328 e. The van der Waals surface area contributed by atoms with Crippen molar-refractivity contribution in [2.75, 3.05) is 18.4 Å². The molecule has 1 aromatic carbocycles. The summed E-state index contributed by atoms with van der Waals surface area (Å²) >= 11 is 3.45. The molecule has 0 bridgehead atoms.